The molecule has 0 aliphatic rings. The lowest BCUT2D eigenvalue weighted by Crippen LogP contribution is -2.09. The number of benzene rings is 1. The molecule has 76 valence electrons. The molecule has 3 nitrogen and oxygen atoms in total. The standard InChI is InChI=1S/C8H5Br2ClO3/c9-4-1-5(10)8(6(11)2-4)14-3-7(12)13/h1-2H,3H2,(H,12,13). The Morgan fingerprint density at radius 1 is 1.50 bits per heavy atom. The largest absolute Gasteiger partial charge is 0.479 e. The summed E-state index contributed by atoms with van der Waals surface area (Å²) >= 11 is 12.3. The van der Waals surface area contributed by atoms with Crippen LogP contribution in [0.3, 0.4) is 0 Å². The summed E-state index contributed by atoms with van der Waals surface area (Å²) in [5.74, 6) is -0.715. The van der Waals surface area contributed by atoms with Gasteiger partial charge in [-0.3, -0.25) is 0 Å². The monoisotopic (exact) mass is 342 g/mol. The second-order valence-corrected chi connectivity index (χ2v) is 4.56. The van der Waals surface area contributed by atoms with E-state index in [4.69, 9.17) is 21.4 Å². The summed E-state index contributed by atoms with van der Waals surface area (Å²) in [4.78, 5) is 10.3. The van der Waals surface area contributed by atoms with Gasteiger partial charge in [0.05, 0.1) is 9.50 Å². The predicted octanol–water partition coefficient (Wildman–Crippen LogP) is 3.33. The van der Waals surface area contributed by atoms with Gasteiger partial charge in [-0.05, 0) is 28.1 Å². The molecule has 0 unspecified atom stereocenters. The fourth-order valence-corrected chi connectivity index (χ4v) is 2.66. The Morgan fingerprint density at radius 2 is 2.14 bits per heavy atom. The van der Waals surface area contributed by atoms with Crippen LogP contribution in [0.2, 0.25) is 5.02 Å². The summed E-state index contributed by atoms with van der Waals surface area (Å²) < 4.78 is 6.38. The molecule has 0 saturated carbocycles. The van der Waals surface area contributed by atoms with Crippen molar-refractivity contribution in [1.29, 1.82) is 0 Å². The number of carboxylic acids is 1. The molecule has 0 aliphatic carbocycles. The van der Waals surface area contributed by atoms with Crippen molar-refractivity contribution in [3.05, 3.63) is 26.1 Å². The van der Waals surface area contributed by atoms with Gasteiger partial charge in [0.1, 0.15) is 0 Å². The molecule has 0 amide bonds. The molecule has 0 aliphatic heterocycles. The number of aliphatic carboxylic acids is 1. The van der Waals surface area contributed by atoms with E-state index in [1.54, 1.807) is 12.1 Å². The number of hydrogen-bond donors (Lipinski definition) is 1. The first-order valence-corrected chi connectivity index (χ1v) is 5.46. The Kier molecular flexibility index (Phi) is 4.22. The van der Waals surface area contributed by atoms with E-state index in [-0.39, 0.29) is 0 Å². The molecular formula is C8H5Br2ClO3. The van der Waals surface area contributed by atoms with E-state index in [0.717, 1.165) is 4.47 Å². The number of carbonyl (C=O) groups is 1. The van der Waals surface area contributed by atoms with E-state index in [9.17, 15) is 4.79 Å². The number of halogens is 3. The van der Waals surface area contributed by atoms with E-state index >= 15 is 0 Å². The molecule has 14 heavy (non-hydrogen) atoms. The smallest absolute Gasteiger partial charge is 0.341 e. The van der Waals surface area contributed by atoms with Crippen molar-refractivity contribution in [1.82, 2.24) is 0 Å². The highest BCUT2D eigenvalue weighted by atomic mass is 79.9. The first kappa shape index (κ1) is 11.8. The fourth-order valence-electron chi connectivity index (χ4n) is 0.801. The van der Waals surface area contributed by atoms with Crippen LogP contribution >= 0.6 is 43.5 Å². The van der Waals surface area contributed by atoms with Gasteiger partial charge in [-0.15, -0.1) is 0 Å². The second kappa shape index (κ2) is 5.00. The highest BCUT2D eigenvalue weighted by Gasteiger charge is 2.09. The minimum atomic E-state index is -1.05. The van der Waals surface area contributed by atoms with Gasteiger partial charge in [-0.1, -0.05) is 27.5 Å². The van der Waals surface area contributed by atoms with Gasteiger partial charge in [0.15, 0.2) is 12.4 Å². The molecule has 0 spiro atoms. The average Bonchev–Trinajstić information content (AvgIpc) is 2.01. The Bertz CT molecular complexity index is 345. The molecule has 0 atom stereocenters. The zero-order chi connectivity index (χ0) is 10.7. The molecule has 0 radical (unpaired) electrons. The van der Waals surface area contributed by atoms with Crippen LogP contribution in [0, 0.1) is 0 Å². The van der Waals surface area contributed by atoms with Crippen LogP contribution < -0.4 is 4.74 Å². The topological polar surface area (TPSA) is 46.5 Å². The van der Waals surface area contributed by atoms with Gasteiger partial charge in [0.2, 0.25) is 0 Å². The van der Waals surface area contributed by atoms with Gasteiger partial charge in [-0.2, -0.15) is 0 Å². The minimum Gasteiger partial charge on any atom is -0.479 e. The molecule has 0 heterocycles. The van der Waals surface area contributed by atoms with E-state index in [2.05, 4.69) is 31.9 Å². The molecular weight excluding hydrogens is 339 g/mol. The van der Waals surface area contributed by atoms with Gasteiger partial charge in [0, 0.05) is 4.47 Å². The predicted molar refractivity (Wildman–Crippen MR) is 60.0 cm³/mol. The molecule has 1 N–H and O–H groups in total. The Morgan fingerprint density at radius 3 is 2.64 bits per heavy atom. The third-order valence-corrected chi connectivity index (χ3v) is 2.63. The maximum absolute atomic E-state index is 10.3. The van der Waals surface area contributed by atoms with Crippen molar-refractivity contribution in [2.75, 3.05) is 6.61 Å². The van der Waals surface area contributed by atoms with E-state index in [1.165, 1.54) is 0 Å². The Balaban J connectivity index is 2.91. The highest BCUT2D eigenvalue weighted by molar-refractivity contribution is 9.11. The number of hydrogen-bond acceptors (Lipinski definition) is 2. The lowest BCUT2D eigenvalue weighted by molar-refractivity contribution is -0.139. The van der Waals surface area contributed by atoms with E-state index in [1.807, 2.05) is 0 Å². The van der Waals surface area contributed by atoms with Crippen molar-refractivity contribution in [2.45, 2.75) is 0 Å². The van der Waals surface area contributed by atoms with Crippen LogP contribution in [0.4, 0.5) is 0 Å². The van der Waals surface area contributed by atoms with Crippen LogP contribution in [0.25, 0.3) is 0 Å². The summed E-state index contributed by atoms with van der Waals surface area (Å²) in [5.41, 5.74) is 0. The quantitative estimate of drug-likeness (QED) is 0.915. The molecule has 0 aromatic heterocycles. The SMILES string of the molecule is O=C(O)COc1c(Cl)cc(Br)cc1Br. The maximum Gasteiger partial charge on any atom is 0.341 e. The molecule has 0 bridgehead atoms. The Hall–Kier alpha value is -0.260. The molecule has 1 aromatic carbocycles. The lowest BCUT2D eigenvalue weighted by Gasteiger charge is -2.08. The third kappa shape index (κ3) is 3.15. The summed E-state index contributed by atoms with van der Waals surface area (Å²) in [6, 6.07) is 3.35. The van der Waals surface area contributed by atoms with E-state index < -0.39 is 12.6 Å². The molecule has 1 aromatic rings. The molecule has 0 saturated heterocycles. The van der Waals surface area contributed by atoms with Gasteiger partial charge < -0.3 is 9.84 Å². The first-order valence-electron chi connectivity index (χ1n) is 3.50. The first-order chi connectivity index (χ1) is 6.50. The summed E-state index contributed by atoms with van der Waals surface area (Å²) in [6.07, 6.45) is 0. The van der Waals surface area contributed by atoms with Crippen LogP contribution in [-0.4, -0.2) is 17.7 Å². The van der Waals surface area contributed by atoms with Gasteiger partial charge in [-0.25, -0.2) is 4.79 Å². The summed E-state index contributed by atoms with van der Waals surface area (Å²) in [6.45, 7) is -0.417. The number of ether oxygens (including phenoxy) is 1. The summed E-state index contributed by atoms with van der Waals surface area (Å²) in [7, 11) is 0. The van der Waals surface area contributed by atoms with Crippen LogP contribution in [0.1, 0.15) is 0 Å². The van der Waals surface area contributed by atoms with Crippen molar-refractivity contribution in [3.63, 3.8) is 0 Å². The third-order valence-electron chi connectivity index (χ3n) is 1.30. The van der Waals surface area contributed by atoms with Crippen molar-refractivity contribution in [3.8, 4) is 5.75 Å². The molecule has 0 fully saturated rings. The second-order valence-electron chi connectivity index (χ2n) is 2.38. The number of rotatable bonds is 3. The lowest BCUT2D eigenvalue weighted by atomic mass is 10.3. The zero-order valence-electron chi connectivity index (χ0n) is 6.76. The molecule has 6 heteroatoms. The highest BCUT2D eigenvalue weighted by Crippen LogP contribution is 2.35. The number of carboxylic acid groups (broad SMARTS) is 1. The van der Waals surface area contributed by atoms with Crippen LogP contribution in [-0.2, 0) is 4.79 Å². The van der Waals surface area contributed by atoms with Crippen molar-refractivity contribution < 1.29 is 14.6 Å². The van der Waals surface area contributed by atoms with E-state index in [0.29, 0.717) is 15.2 Å². The summed E-state index contributed by atoms with van der Waals surface area (Å²) in [5, 5.41) is 8.77. The maximum atomic E-state index is 10.3. The van der Waals surface area contributed by atoms with Crippen LogP contribution in [0.5, 0.6) is 5.75 Å². The molecule has 1 rings (SSSR count). The average molecular weight is 344 g/mol. The van der Waals surface area contributed by atoms with Gasteiger partial charge >= 0.3 is 5.97 Å². The van der Waals surface area contributed by atoms with Crippen LogP contribution in [0.15, 0.2) is 21.1 Å². The normalized spacial score (nSPS) is 9.93. The van der Waals surface area contributed by atoms with Crippen molar-refractivity contribution in [2.24, 2.45) is 0 Å². The van der Waals surface area contributed by atoms with Crippen molar-refractivity contribution >= 4 is 49.4 Å². The fraction of sp³-hybridized carbons (Fsp3) is 0.125. The minimum absolute atomic E-state index is 0.331. The Labute approximate surface area is 102 Å². The van der Waals surface area contributed by atoms with Gasteiger partial charge in [0.25, 0.3) is 0 Å². The zero-order valence-corrected chi connectivity index (χ0v) is 10.7.